The largest absolute Gasteiger partial charge is 0.291 e. The van der Waals surface area contributed by atoms with Gasteiger partial charge in [0.25, 0.3) is 5.56 Å². The Labute approximate surface area is 158 Å². The van der Waals surface area contributed by atoms with E-state index in [2.05, 4.69) is 24.0 Å². The lowest BCUT2D eigenvalue weighted by Gasteiger charge is -2.05. The zero-order valence-corrected chi connectivity index (χ0v) is 15.8. The van der Waals surface area contributed by atoms with Gasteiger partial charge in [0.1, 0.15) is 4.83 Å². The Hall–Kier alpha value is -2.57. The summed E-state index contributed by atoms with van der Waals surface area (Å²) in [5.74, 6) is -0.0765. The van der Waals surface area contributed by atoms with E-state index in [9.17, 15) is 9.59 Å². The number of benzene rings is 1. The van der Waals surface area contributed by atoms with Crippen LogP contribution in [0, 0.1) is 0 Å². The second-order valence-electron chi connectivity index (χ2n) is 5.96. The summed E-state index contributed by atoms with van der Waals surface area (Å²) in [6, 6.07) is 11.8. The van der Waals surface area contributed by atoms with Crippen molar-refractivity contribution in [3.05, 3.63) is 74.3 Å². The second-order valence-corrected chi connectivity index (χ2v) is 7.76. The Bertz CT molecular complexity index is 1120. The molecule has 0 radical (unpaired) electrons. The Balaban J connectivity index is 1.76. The Morgan fingerprint density at radius 2 is 1.96 bits per heavy atom. The SMILES string of the molecule is CCc1ccc(-c2csc3ncn(CC(=O)c4cccs4)c(=O)c23)cc1. The molecule has 3 aromatic heterocycles. The van der Waals surface area contributed by atoms with Gasteiger partial charge in [-0.25, -0.2) is 4.98 Å². The van der Waals surface area contributed by atoms with E-state index in [0.29, 0.717) is 15.1 Å². The molecule has 26 heavy (non-hydrogen) atoms. The Morgan fingerprint density at radius 1 is 1.15 bits per heavy atom. The fraction of sp³-hybridized carbons (Fsp3) is 0.150. The van der Waals surface area contributed by atoms with Crippen molar-refractivity contribution >= 4 is 38.7 Å². The standard InChI is InChI=1S/C20H16N2O2S2/c1-2-13-5-7-14(8-6-13)15-11-26-19-18(15)20(24)22(12-21-19)10-16(23)17-4-3-9-25-17/h3-9,11-12H,2,10H2,1H3. The molecule has 0 aliphatic heterocycles. The summed E-state index contributed by atoms with van der Waals surface area (Å²) in [6.07, 6.45) is 2.44. The zero-order chi connectivity index (χ0) is 18.1. The van der Waals surface area contributed by atoms with Gasteiger partial charge in [-0.2, -0.15) is 0 Å². The number of aromatic nitrogens is 2. The highest BCUT2D eigenvalue weighted by Gasteiger charge is 2.15. The van der Waals surface area contributed by atoms with Crippen molar-refractivity contribution in [2.75, 3.05) is 0 Å². The van der Waals surface area contributed by atoms with Crippen LogP contribution in [0.2, 0.25) is 0 Å². The monoisotopic (exact) mass is 380 g/mol. The van der Waals surface area contributed by atoms with Gasteiger partial charge in [0.05, 0.1) is 23.1 Å². The van der Waals surface area contributed by atoms with Crippen molar-refractivity contribution in [1.82, 2.24) is 9.55 Å². The van der Waals surface area contributed by atoms with Gasteiger partial charge in [-0.05, 0) is 29.0 Å². The average Bonchev–Trinajstić information content (AvgIpc) is 3.34. The van der Waals surface area contributed by atoms with Gasteiger partial charge < -0.3 is 0 Å². The first-order valence-electron chi connectivity index (χ1n) is 8.30. The van der Waals surface area contributed by atoms with Crippen LogP contribution in [-0.2, 0) is 13.0 Å². The second kappa shape index (κ2) is 6.97. The summed E-state index contributed by atoms with van der Waals surface area (Å²) >= 11 is 2.83. The van der Waals surface area contributed by atoms with Crippen LogP contribution in [-0.4, -0.2) is 15.3 Å². The minimum Gasteiger partial charge on any atom is -0.291 e. The summed E-state index contributed by atoms with van der Waals surface area (Å²) in [4.78, 5) is 31.1. The van der Waals surface area contributed by atoms with Crippen molar-refractivity contribution in [2.24, 2.45) is 0 Å². The number of nitrogens with zero attached hydrogens (tertiary/aromatic N) is 2. The van der Waals surface area contributed by atoms with Crippen molar-refractivity contribution < 1.29 is 4.79 Å². The summed E-state index contributed by atoms with van der Waals surface area (Å²) in [5, 5.41) is 4.40. The number of carbonyl (C=O) groups is 1. The van der Waals surface area contributed by atoms with Gasteiger partial charge >= 0.3 is 0 Å². The highest BCUT2D eigenvalue weighted by atomic mass is 32.1. The van der Waals surface area contributed by atoms with Gasteiger partial charge in [-0.3, -0.25) is 14.2 Å². The van der Waals surface area contributed by atoms with Crippen LogP contribution in [0.3, 0.4) is 0 Å². The maximum atomic E-state index is 13.0. The van der Waals surface area contributed by atoms with E-state index < -0.39 is 0 Å². The van der Waals surface area contributed by atoms with Crippen molar-refractivity contribution in [3.63, 3.8) is 0 Å². The summed E-state index contributed by atoms with van der Waals surface area (Å²) < 4.78 is 1.40. The third kappa shape index (κ3) is 3.02. The predicted molar refractivity (Wildman–Crippen MR) is 107 cm³/mol. The number of hydrogen-bond donors (Lipinski definition) is 0. The molecule has 4 nitrogen and oxygen atoms in total. The minimum absolute atomic E-state index is 0.00630. The number of thiophene rings is 2. The molecule has 0 atom stereocenters. The van der Waals surface area contributed by atoms with Gasteiger partial charge in [-0.15, -0.1) is 22.7 Å². The molecule has 3 heterocycles. The van der Waals surface area contributed by atoms with Crippen LogP contribution in [0.5, 0.6) is 0 Å². The highest BCUT2D eigenvalue weighted by molar-refractivity contribution is 7.17. The molecule has 4 aromatic rings. The van der Waals surface area contributed by atoms with E-state index in [1.165, 1.54) is 39.1 Å². The smallest absolute Gasteiger partial charge is 0.263 e. The van der Waals surface area contributed by atoms with Gasteiger partial charge in [0.15, 0.2) is 5.78 Å². The molecule has 0 amide bonds. The van der Waals surface area contributed by atoms with Gasteiger partial charge in [0, 0.05) is 10.9 Å². The fourth-order valence-electron chi connectivity index (χ4n) is 2.88. The quantitative estimate of drug-likeness (QED) is 0.474. The lowest BCUT2D eigenvalue weighted by Crippen LogP contribution is -2.24. The number of hydrogen-bond acceptors (Lipinski definition) is 5. The molecule has 1 aromatic carbocycles. The summed E-state index contributed by atoms with van der Waals surface area (Å²) in [7, 11) is 0. The Morgan fingerprint density at radius 3 is 2.65 bits per heavy atom. The summed E-state index contributed by atoms with van der Waals surface area (Å²) in [6.45, 7) is 2.12. The molecular formula is C20H16N2O2S2. The minimum atomic E-state index is -0.171. The molecule has 6 heteroatoms. The molecule has 0 aliphatic carbocycles. The van der Waals surface area contributed by atoms with Crippen LogP contribution < -0.4 is 5.56 Å². The zero-order valence-electron chi connectivity index (χ0n) is 14.1. The van der Waals surface area contributed by atoms with E-state index in [-0.39, 0.29) is 17.9 Å². The van der Waals surface area contributed by atoms with E-state index in [1.54, 1.807) is 6.07 Å². The molecule has 0 N–H and O–H groups in total. The van der Waals surface area contributed by atoms with Crippen molar-refractivity contribution in [1.29, 1.82) is 0 Å². The Kier molecular flexibility index (Phi) is 4.53. The number of ketones is 1. The third-order valence-electron chi connectivity index (χ3n) is 4.34. The van der Waals surface area contributed by atoms with E-state index in [4.69, 9.17) is 0 Å². The van der Waals surface area contributed by atoms with Crippen LogP contribution in [0.1, 0.15) is 22.2 Å². The van der Waals surface area contributed by atoms with E-state index in [0.717, 1.165) is 17.5 Å². The highest BCUT2D eigenvalue weighted by Crippen LogP contribution is 2.30. The van der Waals surface area contributed by atoms with Crippen LogP contribution in [0.4, 0.5) is 0 Å². The topological polar surface area (TPSA) is 52.0 Å². The number of fused-ring (bicyclic) bond motifs is 1. The average molecular weight is 380 g/mol. The third-order valence-corrected chi connectivity index (χ3v) is 6.14. The number of rotatable bonds is 5. The molecule has 0 spiro atoms. The molecule has 4 rings (SSSR count). The van der Waals surface area contributed by atoms with Crippen LogP contribution in [0.25, 0.3) is 21.3 Å². The summed E-state index contributed by atoms with van der Waals surface area (Å²) in [5.41, 5.74) is 2.96. The number of Topliss-reactive ketones (excluding diaryl/α,β-unsaturated/α-hetero) is 1. The molecule has 0 bridgehead atoms. The predicted octanol–water partition coefficient (Wildman–Crippen LogP) is 4.63. The van der Waals surface area contributed by atoms with Crippen LogP contribution in [0.15, 0.2) is 58.3 Å². The maximum Gasteiger partial charge on any atom is 0.263 e. The maximum absolute atomic E-state index is 13.0. The van der Waals surface area contributed by atoms with Gasteiger partial charge in [0.2, 0.25) is 0 Å². The lowest BCUT2D eigenvalue weighted by molar-refractivity contribution is 0.0974. The first-order valence-corrected chi connectivity index (χ1v) is 10.1. The molecule has 130 valence electrons. The normalized spacial score (nSPS) is 11.1. The first kappa shape index (κ1) is 16.9. The van der Waals surface area contributed by atoms with Crippen LogP contribution >= 0.6 is 22.7 Å². The molecule has 0 saturated carbocycles. The molecular weight excluding hydrogens is 364 g/mol. The van der Waals surface area contributed by atoms with Crippen molar-refractivity contribution in [2.45, 2.75) is 19.9 Å². The molecule has 0 unspecified atom stereocenters. The fourth-order valence-corrected chi connectivity index (χ4v) is 4.45. The lowest BCUT2D eigenvalue weighted by atomic mass is 10.0. The van der Waals surface area contributed by atoms with Gasteiger partial charge in [-0.1, -0.05) is 37.3 Å². The molecule has 0 saturated heterocycles. The van der Waals surface area contributed by atoms with E-state index in [1.807, 2.05) is 29.0 Å². The first-order chi connectivity index (χ1) is 12.7. The molecule has 0 fully saturated rings. The number of carbonyl (C=O) groups excluding carboxylic acids is 1. The van der Waals surface area contributed by atoms with Crippen molar-refractivity contribution in [3.8, 4) is 11.1 Å². The molecule has 0 aliphatic rings. The number of aryl methyl sites for hydroxylation is 1. The van der Waals surface area contributed by atoms with E-state index >= 15 is 0 Å².